The summed E-state index contributed by atoms with van der Waals surface area (Å²) in [7, 11) is 0. The number of benzene rings is 1. The fourth-order valence-corrected chi connectivity index (χ4v) is 2.30. The average Bonchev–Trinajstić information content (AvgIpc) is 2.40. The molecule has 1 aliphatic heterocycles. The normalized spacial score (nSPS) is 24.1. The van der Waals surface area contributed by atoms with E-state index in [1.165, 1.54) is 5.56 Å². The maximum Gasteiger partial charge on any atom is 0.0722 e. The molecule has 2 atom stereocenters. The van der Waals surface area contributed by atoms with Gasteiger partial charge in [0.05, 0.1) is 12.7 Å². The number of morpholine rings is 1. The van der Waals surface area contributed by atoms with Gasteiger partial charge in [-0.1, -0.05) is 23.7 Å². The molecule has 1 aliphatic rings. The second-order valence-corrected chi connectivity index (χ2v) is 5.17. The minimum atomic E-state index is 0.168. The molecule has 2 rings (SSSR count). The molecule has 0 amide bonds. The van der Waals surface area contributed by atoms with E-state index in [0.29, 0.717) is 6.04 Å². The number of halogens is 1. The van der Waals surface area contributed by atoms with Crippen LogP contribution in [0.15, 0.2) is 24.3 Å². The molecule has 1 heterocycles. The highest BCUT2D eigenvalue weighted by Crippen LogP contribution is 2.13. The van der Waals surface area contributed by atoms with Crippen LogP contribution in [-0.2, 0) is 11.2 Å². The molecule has 0 saturated carbocycles. The number of rotatable bonds is 5. The fourth-order valence-electron chi connectivity index (χ4n) is 2.17. The van der Waals surface area contributed by atoms with Crippen molar-refractivity contribution in [3.8, 4) is 0 Å². The molecule has 2 N–H and O–H groups in total. The van der Waals surface area contributed by atoms with Gasteiger partial charge in [-0.15, -0.1) is 0 Å². The molecule has 0 radical (unpaired) electrons. The standard InChI is InChI=1S/C14H20ClNO2/c15-12-4-1-11(2-5-12)3-6-13-10-18-14(7-8-17)9-16-13/h1-2,4-5,13-14,16-17H,3,6-10H2/t13-,14-/m0/s1. The van der Waals surface area contributed by atoms with E-state index in [-0.39, 0.29) is 12.7 Å². The van der Waals surface area contributed by atoms with Crippen LogP contribution in [0.5, 0.6) is 0 Å². The van der Waals surface area contributed by atoms with Crippen LogP contribution in [0.3, 0.4) is 0 Å². The van der Waals surface area contributed by atoms with Crippen LogP contribution in [0.1, 0.15) is 18.4 Å². The third-order valence-corrected chi connectivity index (χ3v) is 3.57. The first-order chi connectivity index (χ1) is 8.78. The molecule has 0 aliphatic carbocycles. The van der Waals surface area contributed by atoms with Crippen LogP contribution in [0.4, 0.5) is 0 Å². The second kappa shape index (κ2) is 7.10. The molecule has 18 heavy (non-hydrogen) atoms. The third kappa shape index (κ3) is 4.25. The average molecular weight is 270 g/mol. The van der Waals surface area contributed by atoms with Gasteiger partial charge < -0.3 is 15.2 Å². The van der Waals surface area contributed by atoms with E-state index in [1.54, 1.807) is 0 Å². The van der Waals surface area contributed by atoms with Crippen molar-refractivity contribution in [1.29, 1.82) is 0 Å². The Kier molecular flexibility index (Phi) is 5.45. The summed E-state index contributed by atoms with van der Waals surface area (Å²) in [5.41, 5.74) is 1.30. The lowest BCUT2D eigenvalue weighted by molar-refractivity contribution is -0.00940. The minimum Gasteiger partial charge on any atom is -0.396 e. The molecule has 0 unspecified atom stereocenters. The van der Waals surface area contributed by atoms with Gasteiger partial charge in [-0.05, 0) is 37.0 Å². The maximum atomic E-state index is 8.84. The summed E-state index contributed by atoms with van der Waals surface area (Å²) in [5.74, 6) is 0. The Bertz CT molecular complexity index is 347. The molecule has 0 aromatic heterocycles. The maximum absolute atomic E-state index is 8.84. The van der Waals surface area contributed by atoms with Crippen molar-refractivity contribution in [3.63, 3.8) is 0 Å². The van der Waals surface area contributed by atoms with E-state index in [9.17, 15) is 0 Å². The summed E-state index contributed by atoms with van der Waals surface area (Å²) in [6, 6.07) is 8.41. The second-order valence-electron chi connectivity index (χ2n) is 4.74. The van der Waals surface area contributed by atoms with Gasteiger partial charge in [-0.3, -0.25) is 0 Å². The van der Waals surface area contributed by atoms with Crippen LogP contribution in [-0.4, -0.2) is 37.0 Å². The number of hydrogen-bond acceptors (Lipinski definition) is 3. The van der Waals surface area contributed by atoms with Crippen molar-refractivity contribution >= 4 is 11.6 Å². The number of aliphatic hydroxyl groups is 1. The number of aliphatic hydroxyl groups excluding tert-OH is 1. The summed E-state index contributed by atoms with van der Waals surface area (Å²) in [5, 5.41) is 13.1. The van der Waals surface area contributed by atoms with Gasteiger partial charge in [0.25, 0.3) is 0 Å². The van der Waals surface area contributed by atoms with Crippen molar-refractivity contribution in [3.05, 3.63) is 34.9 Å². The SMILES string of the molecule is OCC[C@H]1CN[C@@H](CCc2ccc(Cl)cc2)CO1. The highest BCUT2D eigenvalue weighted by atomic mass is 35.5. The highest BCUT2D eigenvalue weighted by molar-refractivity contribution is 6.30. The van der Waals surface area contributed by atoms with Crippen LogP contribution in [0.2, 0.25) is 5.02 Å². The Labute approximate surface area is 113 Å². The molecule has 1 saturated heterocycles. The van der Waals surface area contributed by atoms with Crippen LogP contribution >= 0.6 is 11.6 Å². The van der Waals surface area contributed by atoms with Gasteiger partial charge in [0.15, 0.2) is 0 Å². The molecular weight excluding hydrogens is 250 g/mol. The van der Waals surface area contributed by atoms with E-state index < -0.39 is 0 Å². The number of aryl methyl sites for hydroxylation is 1. The zero-order valence-electron chi connectivity index (χ0n) is 10.4. The van der Waals surface area contributed by atoms with Crippen LogP contribution in [0, 0.1) is 0 Å². The number of hydrogen-bond donors (Lipinski definition) is 2. The van der Waals surface area contributed by atoms with E-state index >= 15 is 0 Å². The molecule has 4 heteroatoms. The smallest absolute Gasteiger partial charge is 0.0722 e. The van der Waals surface area contributed by atoms with Gasteiger partial charge in [0, 0.05) is 24.2 Å². The summed E-state index contributed by atoms with van der Waals surface area (Å²) in [6.45, 7) is 1.77. The molecule has 1 aromatic carbocycles. The first kappa shape index (κ1) is 13.8. The van der Waals surface area contributed by atoms with Crippen molar-refractivity contribution in [2.75, 3.05) is 19.8 Å². The molecular formula is C14H20ClNO2. The van der Waals surface area contributed by atoms with Gasteiger partial charge in [0.1, 0.15) is 0 Å². The summed E-state index contributed by atoms with van der Waals surface area (Å²) in [6.07, 6.45) is 2.98. The fraction of sp³-hybridized carbons (Fsp3) is 0.571. The largest absolute Gasteiger partial charge is 0.396 e. The quantitative estimate of drug-likeness (QED) is 0.859. The van der Waals surface area contributed by atoms with Crippen molar-refractivity contribution in [2.24, 2.45) is 0 Å². The first-order valence-electron chi connectivity index (χ1n) is 6.48. The van der Waals surface area contributed by atoms with Crippen molar-refractivity contribution in [1.82, 2.24) is 5.32 Å². The molecule has 0 bridgehead atoms. The summed E-state index contributed by atoms with van der Waals surface area (Å²) < 4.78 is 5.69. The van der Waals surface area contributed by atoms with Crippen LogP contribution < -0.4 is 5.32 Å². The Morgan fingerprint density at radius 3 is 2.67 bits per heavy atom. The highest BCUT2D eigenvalue weighted by Gasteiger charge is 2.20. The van der Waals surface area contributed by atoms with Crippen molar-refractivity contribution < 1.29 is 9.84 Å². The third-order valence-electron chi connectivity index (χ3n) is 3.31. The van der Waals surface area contributed by atoms with E-state index in [0.717, 1.165) is 37.4 Å². The monoisotopic (exact) mass is 269 g/mol. The van der Waals surface area contributed by atoms with Gasteiger partial charge >= 0.3 is 0 Å². The van der Waals surface area contributed by atoms with E-state index in [1.807, 2.05) is 12.1 Å². The topological polar surface area (TPSA) is 41.5 Å². The zero-order valence-corrected chi connectivity index (χ0v) is 11.2. The minimum absolute atomic E-state index is 0.168. The van der Waals surface area contributed by atoms with Crippen LogP contribution in [0.25, 0.3) is 0 Å². The Balaban J connectivity index is 1.70. The lowest BCUT2D eigenvalue weighted by Gasteiger charge is -2.30. The molecule has 3 nitrogen and oxygen atoms in total. The Morgan fingerprint density at radius 2 is 2.06 bits per heavy atom. The molecule has 100 valence electrons. The predicted molar refractivity (Wildman–Crippen MR) is 73.0 cm³/mol. The number of nitrogens with one attached hydrogen (secondary N) is 1. The molecule has 1 fully saturated rings. The lowest BCUT2D eigenvalue weighted by Crippen LogP contribution is -2.46. The van der Waals surface area contributed by atoms with Gasteiger partial charge in [0.2, 0.25) is 0 Å². The van der Waals surface area contributed by atoms with Crippen molar-refractivity contribution in [2.45, 2.75) is 31.4 Å². The Morgan fingerprint density at radius 1 is 1.28 bits per heavy atom. The molecule has 1 aromatic rings. The Hall–Kier alpha value is -0.610. The van der Waals surface area contributed by atoms with E-state index in [4.69, 9.17) is 21.4 Å². The van der Waals surface area contributed by atoms with E-state index in [2.05, 4.69) is 17.4 Å². The zero-order chi connectivity index (χ0) is 12.8. The van der Waals surface area contributed by atoms with Gasteiger partial charge in [-0.2, -0.15) is 0 Å². The summed E-state index contributed by atoms with van der Waals surface area (Å²) in [4.78, 5) is 0. The first-order valence-corrected chi connectivity index (χ1v) is 6.86. The summed E-state index contributed by atoms with van der Waals surface area (Å²) >= 11 is 5.85. The van der Waals surface area contributed by atoms with Gasteiger partial charge in [-0.25, -0.2) is 0 Å². The molecule has 0 spiro atoms. The number of ether oxygens (including phenoxy) is 1. The lowest BCUT2D eigenvalue weighted by atomic mass is 10.0. The predicted octanol–water partition coefficient (Wildman–Crippen LogP) is 2.01.